The average molecular weight is 231 g/mol. The van der Waals surface area contributed by atoms with Crippen LogP contribution in [0.25, 0.3) is 0 Å². The Morgan fingerprint density at radius 1 is 1.44 bits per heavy atom. The predicted octanol–water partition coefficient (Wildman–Crippen LogP) is 0.625. The zero-order chi connectivity index (χ0) is 12.6. The van der Waals surface area contributed by atoms with Crippen LogP contribution in [0.4, 0.5) is 0 Å². The van der Waals surface area contributed by atoms with Crippen LogP contribution in [-0.2, 0) is 23.9 Å². The van der Waals surface area contributed by atoms with E-state index < -0.39 is 24.0 Å². The van der Waals surface area contributed by atoms with E-state index in [0.29, 0.717) is 0 Å². The summed E-state index contributed by atoms with van der Waals surface area (Å²) in [6, 6.07) is 0. The fraction of sp³-hybridized carbons (Fsp3) is 0.500. The second-order valence-corrected chi connectivity index (χ2v) is 3.03. The highest BCUT2D eigenvalue weighted by Crippen LogP contribution is 1.97. The largest absolute Gasteiger partial charge is 1.00 e. The van der Waals surface area contributed by atoms with Gasteiger partial charge in [-0.2, -0.15) is 0 Å². The molecule has 0 aliphatic heterocycles. The van der Waals surface area contributed by atoms with Gasteiger partial charge in [-0.3, -0.25) is 9.59 Å². The molecule has 0 aliphatic rings. The first-order valence-electron chi connectivity index (χ1n) is 4.66. The third-order valence-corrected chi connectivity index (χ3v) is 1.51. The second-order valence-electron chi connectivity index (χ2n) is 3.03. The van der Waals surface area contributed by atoms with Crippen LogP contribution in [0.3, 0.4) is 0 Å². The quantitative estimate of drug-likeness (QED) is 0.510. The first kappa shape index (κ1) is 14.2. The van der Waals surface area contributed by atoms with Gasteiger partial charge in [0.25, 0.3) is 0 Å². The summed E-state index contributed by atoms with van der Waals surface area (Å²) in [6.45, 7) is 4.66. The summed E-state index contributed by atoms with van der Waals surface area (Å²) >= 11 is 0. The molecule has 0 rings (SSSR count). The van der Waals surface area contributed by atoms with E-state index in [4.69, 9.17) is 9.84 Å². The number of carbonyl (C=O) groups is 3. The van der Waals surface area contributed by atoms with E-state index in [2.05, 4.69) is 11.3 Å². The lowest BCUT2D eigenvalue weighted by atomic mass is 10.3. The molecule has 16 heavy (non-hydrogen) atoms. The standard InChI is InChI=1S/C10H14O6/c1-3-9(13)16-7(2)6-15-10(14)5-4-8(11)12/h3,7H,1,4-6H2,2H3,(H,11,12)/p+1. The van der Waals surface area contributed by atoms with Gasteiger partial charge < -0.3 is 14.6 Å². The molecule has 0 bridgehead atoms. The van der Waals surface area contributed by atoms with Crippen molar-refractivity contribution in [3.63, 3.8) is 0 Å². The van der Waals surface area contributed by atoms with E-state index in [-0.39, 0.29) is 20.9 Å². The Kier molecular flexibility index (Phi) is 6.58. The fourth-order valence-corrected chi connectivity index (χ4v) is 0.772. The summed E-state index contributed by atoms with van der Waals surface area (Å²) in [5.74, 6) is -2.30. The van der Waals surface area contributed by atoms with Gasteiger partial charge in [0.1, 0.15) is 12.7 Å². The lowest BCUT2D eigenvalue weighted by molar-refractivity contribution is -0.155. The van der Waals surface area contributed by atoms with E-state index >= 15 is 0 Å². The predicted molar refractivity (Wildman–Crippen MR) is 54.7 cm³/mol. The van der Waals surface area contributed by atoms with E-state index in [1.165, 1.54) is 0 Å². The minimum atomic E-state index is -1.07. The summed E-state index contributed by atoms with van der Waals surface area (Å²) < 4.78 is 9.41. The third kappa shape index (κ3) is 7.54. The van der Waals surface area contributed by atoms with Crippen LogP contribution in [0.2, 0.25) is 0 Å². The van der Waals surface area contributed by atoms with Crippen LogP contribution in [0.15, 0.2) is 12.7 Å². The summed E-state index contributed by atoms with van der Waals surface area (Å²) in [5, 5.41) is 8.30. The van der Waals surface area contributed by atoms with E-state index in [1.54, 1.807) is 6.92 Å². The maximum atomic E-state index is 11.0. The van der Waals surface area contributed by atoms with E-state index in [0.717, 1.165) is 6.08 Å². The van der Waals surface area contributed by atoms with Gasteiger partial charge in [-0.05, 0) is 6.92 Å². The number of esters is 2. The Balaban J connectivity index is 0. The van der Waals surface area contributed by atoms with Gasteiger partial charge in [0, 0.05) is 6.08 Å². The monoisotopic (exact) mass is 231 g/mol. The topological polar surface area (TPSA) is 89.9 Å². The third-order valence-electron chi connectivity index (χ3n) is 1.51. The average Bonchev–Trinajstić information content (AvgIpc) is 2.23. The van der Waals surface area contributed by atoms with Gasteiger partial charge in [0.2, 0.25) is 0 Å². The maximum Gasteiger partial charge on any atom is 1.00 e. The molecular formula is C10H15O6+. The number of rotatable bonds is 7. The lowest BCUT2D eigenvalue weighted by Crippen LogP contribution is -2.21. The molecule has 6 heteroatoms. The summed E-state index contributed by atoms with van der Waals surface area (Å²) in [7, 11) is 0. The van der Waals surface area contributed by atoms with E-state index in [9.17, 15) is 14.4 Å². The molecule has 0 spiro atoms. The van der Waals surface area contributed by atoms with E-state index in [1.807, 2.05) is 0 Å². The molecule has 1 atom stereocenters. The molecule has 0 radical (unpaired) electrons. The number of hydrogen-bond donors (Lipinski definition) is 1. The molecule has 1 N–H and O–H groups in total. The molecular weight excluding hydrogens is 216 g/mol. The SMILES string of the molecule is C=CC(=O)OC(C)COC(=O)CCC(=O)O.[H+]. The molecule has 90 valence electrons. The van der Waals surface area contributed by atoms with Crippen molar-refractivity contribution in [1.29, 1.82) is 0 Å². The van der Waals surface area contributed by atoms with Crippen molar-refractivity contribution in [1.82, 2.24) is 0 Å². The molecule has 0 saturated carbocycles. The van der Waals surface area contributed by atoms with Crippen molar-refractivity contribution in [3.05, 3.63) is 12.7 Å². The van der Waals surface area contributed by atoms with Gasteiger partial charge in [0.15, 0.2) is 0 Å². The molecule has 0 amide bonds. The minimum absolute atomic E-state index is 0. The Morgan fingerprint density at radius 3 is 2.56 bits per heavy atom. The van der Waals surface area contributed by atoms with Gasteiger partial charge in [-0.25, -0.2) is 4.79 Å². The molecule has 0 aliphatic carbocycles. The Bertz CT molecular complexity index is 289. The van der Waals surface area contributed by atoms with Crippen molar-refractivity contribution in [3.8, 4) is 0 Å². The van der Waals surface area contributed by atoms with Crippen molar-refractivity contribution in [2.75, 3.05) is 6.61 Å². The Labute approximate surface area is 94.3 Å². The number of ether oxygens (including phenoxy) is 2. The molecule has 1 unspecified atom stereocenters. The van der Waals surface area contributed by atoms with Crippen molar-refractivity contribution >= 4 is 17.9 Å². The highest BCUT2D eigenvalue weighted by Gasteiger charge is 2.11. The maximum absolute atomic E-state index is 11.0. The Hall–Kier alpha value is -1.85. The molecule has 0 aromatic rings. The molecule has 0 aromatic carbocycles. The normalized spacial score (nSPS) is 11.3. The van der Waals surface area contributed by atoms with Crippen molar-refractivity contribution < 1.29 is 30.4 Å². The molecule has 0 fully saturated rings. The van der Waals surface area contributed by atoms with Crippen LogP contribution in [0.1, 0.15) is 21.2 Å². The number of carboxylic acids is 1. The van der Waals surface area contributed by atoms with Gasteiger partial charge >= 0.3 is 19.3 Å². The van der Waals surface area contributed by atoms with Crippen molar-refractivity contribution in [2.24, 2.45) is 0 Å². The molecule has 0 saturated heterocycles. The highest BCUT2D eigenvalue weighted by atomic mass is 16.6. The highest BCUT2D eigenvalue weighted by molar-refractivity contribution is 5.81. The summed E-state index contributed by atoms with van der Waals surface area (Å²) in [4.78, 5) is 31.8. The van der Waals surface area contributed by atoms with Gasteiger partial charge in [-0.15, -0.1) is 0 Å². The zero-order valence-electron chi connectivity index (χ0n) is 9.97. The smallest absolute Gasteiger partial charge is 0.481 e. The van der Waals surface area contributed by atoms with Gasteiger partial charge in [-0.1, -0.05) is 6.58 Å². The van der Waals surface area contributed by atoms with Crippen LogP contribution in [0.5, 0.6) is 0 Å². The molecule has 6 nitrogen and oxygen atoms in total. The van der Waals surface area contributed by atoms with Gasteiger partial charge in [0.05, 0.1) is 12.8 Å². The zero-order valence-corrected chi connectivity index (χ0v) is 8.97. The minimum Gasteiger partial charge on any atom is -0.481 e. The first-order valence-corrected chi connectivity index (χ1v) is 4.66. The molecule has 0 aromatic heterocycles. The first-order chi connectivity index (χ1) is 7.45. The van der Waals surface area contributed by atoms with Crippen LogP contribution in [0, 0.1) is 0 Å². The number of hydrogen-bond acceptors (Lipinski definition) is 5. The van der Waals surface area contributed by atoms with Crippen molar-refractivity contribution in [2.45, 2.75) is 25.9 Å². The van der Waals surface area contributed by atoms with Crippen LogP contribution < -0.4 is 0 Å². The number of carbonyl (C=O) groups excluding carboxylic acids is 2. The summed E-state index contributed by atoms with van der Waals surface area (Å²) in [6.07, 6.45) is -0.0564. The number of aliphatic carboxylic acids is 1. The Morgan fingerprint density at radius 2 is 2.06 bits per heavy atom. The number of carboxylic acid groups (broad SMARTS) is 1. The molecule has 0 heterocycles. The fourth-order valence-electron chi connectivity index (χ4n) is 0.772. The lowest BCUT2D eigenvalue weighted by Gasteiger charge is -2.11. The van der Waals surface area contributed by atoms with Crippen LogP contribution >= 0.6 is 0 Å². The second kappa shape index (κ2) is 7.44. The van der Waals surface area contributed by atoms with Crippen LogP contribution in [-0.4, -0.2) is 35.7 Å². The summed E-state index contributed by atoms with van der Waals surface area (Å²) in [5.41, 5.74) is 0.